The number of carbonyl (C=O) groups is 1. The molecule has 2 N–H and O–H groups in total. The van der Waals surface area contributed by atoms with Gasteiger partial charge in [0.15, 0.2) is 0 Å². The molecule has 1 aliphatic rings. The van der Waals surface area contributed by atoms with Gasteiger partial charge in [-0.05, 0) is 18.2 Å². The van der Waals surface area contributed by atoms with E-state index in [0.29, 0.717) is 5.56 Å². The zero-order valence-electron chi connectivity index (χ0n) is 9.50. The first-order valence-electron chi connectivity index (χ1n) is 5.16. The van der Waals surface area contributed by atoms with Crippen molar-refractivity contribution in [2.75, 3.05) is 6.61 Å². The molecule has 0 amide bonds. The fourth-order valence-electron chi connectivity index (χ4n) is 1.46. The topological polar surface area (TPSA) is 95.8 Å². The molecule has 0 aromatic heterocycles. The van der Waals surface area contributed by atoms with Gasteiger partial charge in [-0.3, -0.25) is 9.52 Å². The SMILES string of the molecule is O=C(CO)C1=CC(c2ccc(Br)cc2)=NS(=O)(=O)N1. The highest BCUT2D eigenvalue weighted by atomic mass is 79.9. The van der Waals surface area contributed by atoms with Gasteiger partial charge in [0.1, 0.15) is 6.61 Å². The van der Waals surface area contributed by atoms with Crippen LogP contribution in [0.15, 0.2) is 44.9 Å². The van der Waals surface area contributed by atoms with Crippen molar-refractivity contribution in [3.63, 3.8) is 0 Å². The predicted molar refractivity (Wildman–Crippen MR) is 72.9 cm³/mol. The number of hydrogen-bond donors (Lipinski definition) is 2. The first kappa shape index (κ1) is 13.9. The Morgan fingerprint density at radius 3 is 2.53 bits per heavy atom. The molecule has 1 aromatic carbocycles. The Hall–Kier alpha value is -1.51. The number of benzene rings is 1. The molecule has 0 aliphatic carbocycles. The molecular formula is C11H9BrN2O4S. The van der Waals surface area contributed by atoms with Crippen molar-refractivity contribution in [2.45, 2.75) is 0 Å². The maximum absolute atomic E-state index is 11.5. The Bertz CT molecular complexity index is 677. The van der Waals surface area contributed by atoms with Gasteiger partial charge >= 0.3 is 10.2 Å². The van der Waals surface area contributed by atoms with E-state index in [-0.39, 0.29) is 11.4 Å². The summed E-state index contributed by atoms with van der Waals surface area (Å²) in [5.41, 5.74) is 0.495. The first-order valence-corrected chi connectivity index (χ1v) is 7.39. The zero-order valence-corrected chi connectivity index (χ0v) is 11.9. The summed E-state index contributed by atoms with van der Waals surface area (Å²) < 4.78 is 29.5. The highest BCUT2D eigenvalue weighted by Crippen LogP contribution is 2.15. The standard InChI is InChI=1S/C11H9BrN2O4S/c12-8-3-1-7(2-4-8)9-5-10(11(16)6-15)14-19(17,18)13-9/h1-5,14-15H,6H2. The second kappa shape index (κ2) is 5.24. The predicted octanol–water partition coefficient (Wildman–Crippen LogP) is 0.532. The number of aliphatic hydroxyl groups is 1. The molecule has 19 heavy (non-hydrogen) atoms. The lowest BCUT2D eigenvalue weighted by Gasteiger charge is -2.14. The molecular weight excluding hydrogens is 336 g/mol. The zero-order chi connectivity index (χ0) is 14.0. The quantitative estimate of drug-likeness (QED) is 0.835. The van der Waals surface area contributed by atoms with E-state index in [4.69, 9.17) is 5.11 Å². The highest BCUT2D eigenvalue weighted by Gasteiger charge is 2.22. The van der Waals surface area contributed by atoms with E-state index in [1.165, 1.54) is 6.08 Å². The Labute approximate surface area is 118 Å². The minimum atomic E-state index is -3.97. The van der Waals surface area contributed by atoms with Gasteiger partial charge in [-0.2, -0.15) is 8.42 Å². The number of halogens is 1. The Balaban J connectivity index is 2.48. The molecule has 0 unspecified atom stereocenters. The number of aliphatic hydroxyl groups excluding tert-OH is 1. The van der Waals surface area contributed by atoms with Gasteiger partial charge < -0.3 is 5.11 Å². The third kappa shape index (κ3) is 3.28. The summed E-state index contributed by atoms with van der Waals surface area (Å²) in [6, 6.07) is 6.80. The van der Waals surface area contributed by atoms with E-state index in [2.05, 4.69) is 20.3 Å². The maximum atomic E-state index is 11.5. The average molecular weight is 345 g/mol. The number of nitrogens with zero attached hydrogens (tertiary/aromatic N) is 1. The minimum absolute atomic E-state index is 0.142. The van der Waals surface area contributed by atoms with Crippen molar-refractivity contribution >= 4 is 37.6 Å². The van der Waals surface area contributed by atoms with Gasteiger partial charge in [-0.15, -0.1) is 4.40 Å². The first-order chi connectivity index (χ1) is 8.91. The van der Waals surface area contributed by atoms with Gasteiger partial charge in [0.05, 0.1) is 11.4 Å². The molecule has 0 bridgehead atoms. The lowest BCUT2D eigenvalue weighted by molar-refractivity contribution is -0.118. The average Bonchev–Trinajstić information content (AvgIpc) is 2.36. The molecule has 8 heteroatoms. The van der Waals surface area contributed by atoms with Crippen LogP contribution in [0.5, 0.6) is 0 Å². The number of hydrogen-bond acceptors (Lipinski definition) is 4. The summed E-state index contributed by atoms with van der Waals surface area (Å²) in [6.45, 7) is -0.776. The molecule has 0 radical (unpaired) electrons. The molecule has 2 rings (SSSR count). The Morgan fingerprint density at radius 1 is 1.32 bits per heavy atom. The third-order valence-electron chi connectivity index (χ3n) is 2.32. The van der Waals surface area contributed by atoms with Gasteiger partial charge in [0.2, 0.25) is 5.78 Å². The summed E-state index contributed by atoms with van der Waals surface area (Å²) in [7, 11) is -3.97. The van der Waals surface area contributed by atoms with Crippen LogP contribution in [0.4, 0.5) is 0 Å². The summed E-state index contributed by atoms with van der Waals surface area (Å²) in [4.78, 5) is 11.4. The Morgan fingerprint density at radius 2 is 1.95 bits per heavy atom. The van der Waals surface area contributed by atoms with Crippen LogP contribution in [0, 0.1) is 0 Å². The molecule has 0 atom stereocenters. The van der Waals surface area contributed by atoms with Gasteiger partial charge in [-0.25, -0.2) is 0 Å². The molecule has 100 valence electrons. The van der Waals surface area contributed by atoms with Crippen molar-refractivity contribution in [3.05, 3.63) is 46.1 Å². The molecule has 1 aromatic rings. The van der Waals surface area contributed by atoms with E-state index >= 15 is 0 Å². The summed E-state index contributed by atoms with van der Waals surface area (Å²) in [5, 5.41) is 8.78. The van der Waals surface area contributed by atoms with Crippen LogP contribution >= 0.6 is 15.9 Å². The molecule has 0 spiro atoms. The number of nitrogens with one attached hydrogen (secondary N) is 1. The summed E-state index contributed by atoms with van der Waals surface area (Å²) in [5.74, 6) is -0.715. The lowest BCUT2D eigenvalue weighted by atomic mass is 10.1. The van der Waals surface area contributed by atoms with E-state index < -0.39 is 22.6 Å². The van der Waals surface area contributed by atoms with Crippen LogP contribution in [0.2, 0.25) is 0 Å². The van der Waals surface area contributed by atoms with Crippen molar-refractivity contribution in [2.24, 2.45) is 4.40 Å². The van der Waals surface area contributed by atoms with Crippen molar-refractivity contribution in [1.82, 2.24) is 4.72 Å². The molecule has 1 heterocycles. The molecule has 1 aliphatic heterocycles. The summed E-state index contributed by atoms with van der Waals surface area (Å²) >= 11 is 3.27. The number of rotatable bonds is 3. The number of ketones is 1. The fraction of sp³-hybridized carbons (Fsp3) is 0.0909. The summed E-state index contributed by atoms with van der Waals surface area (Å²) in [6.07, 6.45) is 1.29. The van der Waals surface area contributed by atoms with Gasteiger partial charge in [-0.1, -0.05) is 28.1 Å². The van der Waals surface area contributed by atoms with E-state index in [0.717, 1.165) is 4.47 Å². The van der Waals surface area contributed by atoms with Crippen LogP contribution in [0.3, 0.4) is 0 Å². The van der Waals surface area contributed by atoms with Crippen molar-refractivity contribution in [3.8, 4) is 0 Å². The normalized spacial score (nSPS) is 17.2. The second-order valence-corrected chi connectivity index (χ2v) is 5.95. The van der Waals surface area contributed by atoms with Gasteiger partial charge in [0, 0.05) is 10.0 Å². The minimum Gasteiger partial charge on any atom is -0.388 e. The van der Waals surface area contributed by atoms with Gasteiger partial charge in [0.25, 0.3) is 0 Å². The Kier molecular flexibility index (Phi) is 3.83. The van der Waals surface area contributed by atoms with E-state index in [9.17, 15) is 13.2 Å². The van der Waals surface area contributed by atoms with Crippen LogP contribution in [-0.2, 0) is 15.0 Å². The number of carbonyl (C=O) groups excluding carboxylic acids is 1. The van der Waals surface area contributed by atoms with Crippen LogP contribution in [-0.4, -0.2) is 31.6 Å². The third-order valence-corrected chi connectivity index (χ3v) is 3.77. The fourth-order valence-corrected chi connectivity index (χ4v) is 2.64. The van der Waals surface area contributed by atoms with E-state index in [1.807, 2.05) is 4.72 Å². The smallest absolute Gasteiger partial charge is 0.342 e. The largest absolute Gasteiger partial charge is 0.388 e. The van der Waals surface area contributed by atoms with Crippen LogP contribution < -0.4 is 4.72 Å². The highest BCUT2D eigenvalue weighted by molar-refractivity contribution is 9.10. The van der Waals surface area contributed by atoms with Crippen molar-refractivity contribution in [1.29, 1.82) is 0 Å². The second-order valence-electron chi connectivity index (χ2n) is 3.70. The van der Waals surface area contributed by atoms with Crippen LogP contribution in [0.1, 0.15) is 5.56 Å². The number of allylic oxidation sites excluding steroid dienone is 1. The molecule has 0 saturated carbocycles. The monoisotopic (exact) mass is 344 g/mol. The van der Waals surface area contributed by atoms with Crippen molar-refractivity contribution < 1.29 is 18.3 Å². The molecule has 0 saturated heterocycles. The van der Waals surface area contributed by atoms with Crippen LogP contribution in [0.25, 0.3) is 0 Å². The molecule has 6 nitrogen and oxygen atoms in total. The maximum Gasteiger partial charge on any atom is 0.342 e. The molecule has 0 fully saturated rings. The van der Waals surface area contributed by atoms with E-state index in [1.54, 1.807) is 24.3 Å². The number of Topliss-reactive ketones (excluding diaryl/α,β-unsaturated/α-hetero) is 1. The lowest BCUT2D eigenvalue weighted by Crippen LogP contribution is -2.32.